The summed E-state index contributed by atoms with van der Waals surface area (Å²) in [6, 6.07) is 7.35. The van der Waals surface area contributed by atoms with E-state index in [1.165, 1.54) is 9.13 Å². The fourth-order valence-corrected chi connectivity index (χ4v) is 4.15. The standard InChI is InChI=1S/C23H28N6O3.ClH/c1-4-5-13-28-19-20(25-22(28)27-12-6-7-17(24)15-27)26(2)23(31)29(21(19)30)14-16-8-10-18(32-3)11-9-16;/h8-11,17H,6-7,12-15,24H2,1-3H3;1H/t17-;/m1./s1. The Morgan fingerprint density at radius 1 is 1.21 bits per heavy atom. The van der Waals surface area contributed by atoms with Gasteiger partial charge in [0.05, 0.1) is 20.2 Å². The highest BCUT2D eigenvalue weighted by Crippen LogP contribution is 2.23. The summed E-state index contributed by atoms with van der Waals surface area (Å²) in [4.78, 5) is 33.4. The van der Waals surface area contributed by atoms with Crippen molar-refractivity contribution in [1.29, 1.82) is 0 Å². The van der Waals surface area contributed by atoms with Crippen LogP contribution in [-0.2, 0) is 20.1 Å². The monoisotopic (exact) mass is 472 g/mol. The van der Waals surface area contributed by atoms with Gasteiger partial charge in [-0.15, -0.1) is 18.3 Å². The zero-order chi connectivity index (χ0) is 22.8. The lowest BCUT2D eigenvalue weighted by Crippen LogP contribution is -2.44. The van der Waals surface area contributed by atoms with E-state index in [4.69, 9.17) is 15.5 Å². The summed E-state index contributed by atoms with van der Waals surface area (Å²) in [5.74, 6) is 7.28. The molecule has 0 amide bonds. The zero-order valence-electron chi connectivity index (χ0n) is 19.1. The summed E-state index contributed by atoms with van der Waals surface area (Å²) in [6.45, 7) is 3.67. The van der Waals surface area contributed by atoms with Gasteiger partial charge in [0.1, 0.15) is 5.75 Å². The minimum Gasteiger partial charge on any atom is -0.497 e. The van der Waals surface area contributed by atoms with Gasteiger partial charge in [-0.05, 0) is 37.5 Å². The van der Waals surface area contributed by atoms with Crippen LogP contribution >= 0.6 is 12.4 Å². The topological polar surface area (TPSA) is 100 Å². The summed E-state index contributed by atoms with van der Waals surface area (Å²) in [5.41, 5.74) is 6.95. The number of halogens is 1. The van der Waals surface area contributed by atoms with Gasteiger partial charge < -0.3 is 15.4 Å². The SMILES string of the molecule is CC#CCn1c(N2CCC[C@@H](N)C2)nc2c1c(=O)n(Cc1ccc(OC)cc1)c(=O)n2C.Cl. The normalized spacial score (nSPS) is 15.6. The number of nitrogens with two attached hydrogens (primary N) is 1. The molecule has 9 nitrogen and oxygen atoms in total. The highest BCUT2D eigenvalue weighted by Gasteiger charge is 2.26. The van der Waals surface area contributed by atoms with E-state index in [2.05, 4.69) is 16.7 Å². The number of hydrogen-bond acceptors (Lipinski definition) is 6. The zero-order valence-corrected chi connectivity index (χ0v) is 19.9. The largest absolute Gasteiger partial charge is 0.497 e. The first-order valence-electron chi connectivity index (χ1n) is 10.7. The fraction of sp³-hybridized carbons (Fsp3) is 0.435. The van der Waals surface area contributed by atoms with Crippen LogP contribution in [0, 0.1) is 11.8 Å². The molecule has 0 unspecified atom stereocenters. The number of anilines is 1. The molecule has 3 aromatic rings. The van der Waals surface area contributed by atoms with E-state index in [1.807, 2.05) is 28.8 Å². The van der Waals surface area contributed by atoms with Crippen LogP contribution in [0.5, 0.6) is 5.75 Å². The van der Waals surface area contributed by atoms with Gasteiger partial charge in [-0.3, -0.25) is 18.5 Å². The van der Waals surface area contributed by atoms with Crippen molar-refractivity contribution in [3.05, 3.63) is 50.7 Å². The maximum Gasteiger partial charge on any atom is 0.332 e. The number of nitrogens with zero attached hydrogens (tertiary/aromatic N) is 5. The molecule has 1 atom stereocenters. The molecule has 0 radical (unpaired) electrons. The van der Waals surface area contributed by atoms with Gasteiger partial charge in [0, 0.05) is 26.2 Å². The Morgan fingerprint density at radius 3 is 2.58 bits per heavy atom. The minimum absolute atomic E-state index is 0. The second-order valence-electron chi connectivity index (χ2n) is 8.03. The Kier molecular flexibility index (Phi) is 7.51. The van der Waals surface area contributed by atoms with Gasteiger partial charge >= 0.3 is 5.69 Å². The highest BCUT2D eigenvalue weighted by molar-refractivity contribution is 5.85. The van der Waals surface area contributed by atoms with E-state index in [0.29, 0.717) is 36.0 Å². The number of imidazole rings is 1. The molecule has 33 heavy (non-hydrogen) atoms. The summed E-state index contributed by atoms with van der Waals surface area (Å²) in [7, 11) is 3.24. The summed E-state index contributed by atoms with van der Waals surface area (Å²) in [6.07, 6.45) is 1.91. The van der Waals surface area contributed by atoms with Crippen molar-refractivity contribution >= 4 is 29.5 Å². The first kappa shape index (κ1) is 24.4. The van der Waals surface area contributed by atoms with Gasteiger partial charge in [-0.2, -0.15) is 4.98 Å². The van der Waals surface area contributed by atoms with Crippen molar-refractivity contribution < 1.29 is 4.74 Å². The minimum atomic E-state index is -0.411. The molecule has 1 saturated heterocycles. The number of aromatic nitrogens is 4. The number of benzene rings is 1. The van der Waals surface area contributed by atoms with Crippen molar-refractivity contribution in [3.63, 3.8) is 0 Å². The number of aryl methyl sites for hydroxylation is 1. The van der Waals surface area contributed by atoms with Crippen molar-refractivity contribution in [2.45, 2.75) is 38.9 Å². The lowest BCUT2D eigenvalue weighted by atomic mass is 10.1. The summed E-state index contributed by atoms with van der Waals surface area (Å²) < 4.78 is 9.69. The lowest BCUT2D eigenvalue weighted by molar-refractivity contribution is 0.414. The first-order valence-corrected chi connectivity index (χ1v) is 10.7. The molecule has 10 heteroatoms. The molecule has 3 heterocycles. The van der Waals surface area contributed by atoms with E-state index < -0.39 is 5.69 Å². The van der Waals surface area contributed by atoms with Crippen LogP contribution in [0.3, 0.4) is 0 Å². The molecule has 1 aromatic carbocycles. The van der Waals surface area contributed by atoms with Gasteiger partial charge in [-0.25, -0.2) is 4.79 Å². The second kappa shape index (κ2) is 10.1. The van der Waals surface area contributed by atoms with Gasteiger partial charge in [0.2, 0.25) is 5.95 Å². The highest BCUT2D eigenvalue weighted by atomic mass is 35.5. The smallest absolute Gasteiger partial charge is 0.332 e. The van der Waals surface area contributed by atoms with Crippen molar-refractivity contribution in [3.8, 4) is 17.6 Å². The van der Waals surface area contributed by atoms with E-state index in [1.54, 1.807) is 21.1 Å². The number of rotatable bonds is 5. The average Bonchev–Trinajstić information content (AvgIpc) is 3.19. The Bertz CT molecular complexity index is 1310. The van der Waals surface area contributed by atoms with Crippen LogP contribution in [-0.4, -0.2) is 44.9 Å². The van der Waals surface area contributed by atoms with Crippen molar-refractivity contribution in [2.75, 3.05) is 25.1 Å². The number of methoxy groups -OCH3 is 1. The van der Waals surface area contributed by atoms with E-state index in [9.17, 15) is 9.59 Å². The van der Waals surface area contributed by atoms with E-state index >= 15 is 0 Å². The number of fused-ring (bicyclic) bond motifs is 1. The van der Waals surface area contributed by atoms with Crippen LogP contribution in [0.4, 0.5) is 5.95 Å². The van der Waals surface area contributed by atoms with Gasteiger partial charge in [0.25, 0.3) is 5.56 Å². The first-order chi connectivity index (χ1) is 15.4. The number of hydrogen-bond donors (Lipinski definition) is 1. The maximum atomic E-state index is 13.5. The Balaban J connectivity index is 0.00000306. The van der Waals surface area contributed by atoms with Crippen LogP contribution < -0.4 is 26.6 Å². The lowest BCUT2D eigenvalue weighted by Gasteiger charge is -2.31. The molecule has 176 valence electrons. The third kappa shape index (κ3) is 4.63. The molecule has 1 aliphatic rings. The molecule has 2 N–H and O–H groups in total. The Morgan fingerprint density at radius 2 is 1.94 bits per heavy atom. The van der Waals surface area contributed by atoms with Crippen LogP contribution in [0.15, 0.2) is 33.9 Å². The number of piperidine rings is 1. The fourth-order valence-electron chi connectivity index (χ4n) is 4.15. The third-order valence-electron chi connectivity index (χ3n) is 5.87. The molecule has 2 aromatic heterocycles. The molecular weight excluding hydrogens is 444 g/mol. The van der Waals surface area contributed by atoms with Crippen molar-refractivity contribution in [2.24, 2.45) is 12.8 Å². The molecule has 0 spiro atoms. The molecule has 1 aliphatic heterocycles. The Hall–Kier alpha value is -3.22. The molecule has 0 bridgehead atoms. The third-order valence-corrected chi connectivity index (χ3v) is 5.87. The maximum absolute atomic E-state index is 13.5. The van der Waals surface area contributed by atoms with Crippen molar-refractivity contribution in [1.82, 2.24) is 18.7 Å². The van der Waals surface area contributed by atoms with E-state index in [0.717, 1.165) is 24.9 Å². The predicted octanol–water partition coefficient (Wildman–Crippen LogP) is 1.33. The quantitative estimate of drug-likeness (QED) is 0.562. The molecule has 0 saturated carbocycles. The molecule has 1 fully saturated rings. The van der Waals surface area contributed by atoms with Gasteiger partial charge in [0.15, 0.2) is 11.2 Å². The molecule has 4 rings (SSSR count). The van der Waals surface area contributed by atoms with Crippen LogP contribution in [0.1, 0.15) is 25.3 Å². The van der Waals surface area contributed by atoms with E-state index in [-0.39, 0.29) is 30.6 Å². The summed E-state index contributed by atoms with van der Waals surface area (Å²) >= 11 is 0. The average molecular weight is 473 g/mol. The van der Waals surface area contributed by atoms with Gasteiger partial charge in [-0.1, -0.05) is 18.1 Å². The predicted molar refractivity (Wildman–Crippen MR) is 131 cm³/mol. The Labute approximate surface area is 198 Å². The van der Waals surface area contributed by atoms with Crippen LogP contribution in [0.2, 0.25) is 0 Å². The van der Waals surface area contributed by atoms with Crippen LogP contribution in [0.25, 0.3) is 11.2 Å². The summed E-state index contributed by atoms with van der Waals surface area (Å²) in [5, 5.41) is 0. The number of ether oxygens (including phenoxy) is 1. The second-order valence-corrected chi connectivity index (χ2v) is 8.03. The molecule has 0 aliphatic carbocycles. The molecular formula is C23H29ClN6O3.